The monoisotopic (exact) mass is 314 g/mol. The maximum absolute atomic E-state index is 11.6. The molecule has 0 aromatic heterocycles. The van der Waals surface area contributed by atoms with Gasteiger partial charge in [-0.2, -0.15) is 0 Å². The Balaban J connectivity index is 3.53. The molecule has 0 saturated carbocycles. The number of rotatable bonds is 9. The summed E-state index contributed by atoms with van der Waals surface area (Å²) in [5.74, 6) is -0.0296. The summed E-state index contributed by atoms with van der Waals surface area (Å²) in [5.41, 5.74) is -0.0297. The van der Waals surface area contributed by atoms with Gasteiger partial charge >= 0.3 is 0 Å². The van der Waals surface area contributed by atoms with Crippen molar-refractivity contribution in [1.82, 2.24) is 10.6 Å². The van der Waals surface area contributed by atoms with Crippen LogP contribution in [0.4, 0.5) is 0 Å². The van der Waals surface area contributed by atoms with E-state index < -0.39 is 0 Å². The Kier molecular flexibility index (Phi) is 9.33. The van der Waals surface area contributed by atoms with Crippen LogP contribution in [0.2, 0.25) is 0 Å². The first-order valence-electron chi connectivity index (χ1n) is 8.17. The molecule has 0 fully saturated rings. The van der Waals surface area contributed by atoms with E-state index in [-0.39, 0.29) is 29.4 Å². The fraction of sp³-hybridized carbons (Fsp3) is 0.882. The maximum Gasteiger partial charge on any atom is 0.246 e. The molecule has 0 aliphatic carbocycles. The Morgan fingerprint density at radius 3 is 1.91 bits per heavy atom. The Hall–Kier alpha value is -1.10. The van der Waals surface area contributed by atoms with Gasteiger partial charge in [-0.15, -0.1) is 0 Å². The SMILES string of the molecule is CC(C)(C)CCCC(=O)NCCCNC(=O)COC(C)(C)C. The lowest BCUT2D eigenvalue weighted by atomic mass is 9.90. The van der Waals surface area contributed by atoms with Crippen molar-refractivity contribution in [3.8, 4) is 0 Å². The van der Waals surface area contributed by atoms with E-state index in [2.05, 4.69) is 31.4 Å². The Bertz CT molecular complexity index is 341. The van der Waals surface area contributed by atoms with E-state index in [1.807, 2.05) is 20.8 Å². The van der Waals surface area contributed by atoms with Gasteiger partial charge in [0.2, 0.25) is 11.8 Å². The number of amides is 2. The highest BCUT2D eigenvalue weighted by Gasteiger charge is 2.12. The summed E-state index contributed by atoms with van der Waals surface area (Å²) < 4.78 is 5.38. The fourth-order valence-corrected chi connectivity index (χ4v) is 1.74. The largest absolute Gasteiger partial charge is 0.366 e. The van der Waals surface area contributed by atoms with E-state index in [4.69, 9.17) is 4.74 Å². The van der Waals surface area contributed by atoms with E-state index in [9.17, 15) is 9.59 Å². The zero-order chi connectivity index (χ0) is 17.2. The van der Waals surface area contributed by atoms with Gasteiger partial charge in [0.05, 0.1) is 5.60 Å². The number of carbonyl (C=O) groups excluding carboxylic acids is 2. The van der Waals surface area contributed by atoms with Crippen LogP contribution < -0.4 is 10.6 Å². The van der Waals surface area contributed by atoms with Gasteiger partial charge < -0.3 is 15.4 Å². The summed E-state index contributed by atoms with van der Waals surface area (Å²) in [4.78, 5) is 23.1. The van der Waals surface area contributed by atoms with E-state index in [0.717, 1.165) is 19.3 Å². The first kappa shape index (κ1) is 20.9. The molecule has 0 unspecified atom stereocenters. The molecule has 5 nitrogen and oxygen atoms in total. The van der Waals surface area contributed by atoms with Gasteiger partial charge in [0.15, 0.2) is 0 Å². The van der Waals surface area contributed by atoms with Crippen LogP contribution in [0.3, 0.4) is 0 Å². The third-order valence-corrected chi connectivity index (χ3v) is 2.96. The van der Waals surface area contributed by atoms with Crippen LogP contribution in [0.1, 0.15) is 67.2 Å². The molecule has 0 aromatic rings. The van der Waals surface area contributed by atoms with Crippen molar-refractivity contribution in [3.05, 3.63) is 0 Å². The third kappa shape index (κ3) is 15.3. The van der Waals surface area contributed by atoms with Crippen LogP contribution in [0, 0.1) is 5.41 Å². The first-order chi connectivity index (χ1) is 9.99. The molecule has 0 aliphatic rings. The molecule has 5 heteroatoms. The van der Waals surface area contributed by atoms with E-state index in [1.54, 1.807) is 0 Å². The smallest absolute Gasteiger partial charge is 0.246 e. The van der Waals surface area contributed by atoms with Crippen molar-refractivity contribution >= 4 is 11.8 Å². The number of nitrogens with one attached hydrogen (secondary N) is 2. The van der Waals surface area contributed by atoms with Crippen molar-refractivity contribution in [2.24, 2.45) is 5.41 Å². The van der Waals surface area contributed by atoms with Gasteiger partial charge in [0, 0.05) is 19.5 Å². The van der Waals surface area contributed by atoms with Crippen LogP contribution in [0.15, 0.2) is 0 Å². The van der Waals surface area contributed by atoms with Gasteiger partial charge in [-0.1, -0.05) is 20.8 Å². The van der Waals surface area contributed by atoms with E-state index in [1.165, 1.54) is 0 Å². The highest BCUT2D eigenvalue weighted by molar-refractivity contribution is 5.77. The number of carbonyl (C=O) groups is 2. The Morgan fingerprint density at radius 2 is 1.41 bits per heavy atom. The van der Waals surface area contributed by atoms with Crippen molar-refractivity contribution in [3.63, 3.8) is 0 Å². The lowest BCUT2D eigenvalue weighted by Crippen LogP contribution is -2.34. The summed E-state index contributed by atoms with van der Waals surface area (Å²) in [6.07, 6.45) is 3.26. The minimum atomic E-state index is -0.307. The summed E-state index contributed by atoms with van der Waals surface area (Å²) in [6.45, 7) is 13.5. The molecule has 0 spiro atoms. The van der Waals surface area contributed by atoms with Crippen molar-refractivity contribution < 1.29 is 14.3 Å². The van der Waals surface area contributed by atoms with Crippen LogP contribution in [-0.2, 0) is 14.3 Å². The molecule has 2 amide bonds. The molecular formula is C17H34N2O3. The van der Waals surface area contributed by atoms with Gasteiger partial charge in [-0.3, -0.25) is 9.59 Å². The zero-order valence-corrected chi connectivity index (χ0v) is 15.2. The molecule has 130 valence electrons. The number of hydrogen-bond donors (Lipinski definition) is 2. The van der Waals surface area contributed by atoms with Gasteiger partial charge in [0.25, 0.3) is 0 Å². The Labute approximate surface area is 135 Å². The lowest BCUT2D eigenvalue weighted by molar-refractivity contribution is -0.130. The van der Waals surface area contributed by atoms with Crippen molar-refractivity contribution in [2.75, 3.05) is 19.7 Å². The number of hydrogen-bond acceptors (Lipinski definition) is 3. The molecule has 0 rings (SSSR count). The van der Waals surface area contributed by atoms with E-state index in [0.29, 0.717) is 19.5 Å². The van der Waals surface area contributed by atoms with Crippen LogP contribution >= 0.6 is 0 Å². The van der Waals surface area contributed by atoms with Crippen LogP contribution in [-0.4, -0.2) is 37.1 Å². The molecule has 22 heavy (non-hydrogen) atoms. The fourth-order valence-electron chi connectivity index (χ4n) is 1.74. The molecule has 0 radical (unpaired) electrons. The highest BCUT2D eigenvalue weighted by Crippen LogP contribution is 2.21. The molecule has 2 N–H and O–H groups in total. The molecule has 0 atom stereocenters. The quantitative estimate of drug-likeness (QED) is 0.643. The second-order valence-electron chi connectivity index (χ2n) is 7.87. The predicted molar refractivity (Wildman–Crippen MR) is 89.6 cm³/mol. The third-order valence-electron chi connectivity index (χ3n) is 2.96. The van der Waals surface area contributed by atoms with Gasteiger partial charge in [-0.25, -0.2) is 0 Å². The topological polar surface area (TPSA) is 67.4 Å². The zero-order valence-electron chi connectivity index (χ0n) is 15.2. The van der Waals surface area contributed by atoms with Crippen LogP contribution in [0.5, 0.6) is 0 Å². The second-order valence-corrected chi connectivity index (χ2v) is 7.87. The van der Waals surface area contributed by atoms with Crippen molar-refractivity contribution in [1.29, 1.82) is 0 Å². The molecule has 0 saturated heterocycles. The average molecular weight is 314 g/mol. The van der Waals surface area contributed by atoms with E-state index >= 15 is 0 Å². The lowest BCUT2D eigenvalue weighted by Gasteiger charge is -2.19. The van der Waals surface area contributed by atoms with Gasteiger partial charge in [-0.05, 0) is 45.4 Å². The average Bonchev–Trinajstić information content (AvgIpc) is 2.33. The minimum absolute atomic E-state index is 0.0721. The summed E-state index contributed by atoms with van der Waals surface area (Å²) in [7, 11) is 0. The highest BCUT2D eigenvalue weighted by atomic mass is 16.5. The van der Waals surface area contributed by atoms with Gasteiger partial charge in [0.1, 0.15) is 6.61 Å². The summed E-state index contributed by atoms with van der Waals surface area (Å²) >= 11 is 0. The summed E-state index contributed by atoms with van der Waals surface area (Å²) in [6, 6.07) is 0. The summed E-state index contributed by atoms with van der Waals surface area (Å²) in [5, 5.41) is 5.65. The second kappa shape index (κ2) is 9.82. The molecule has 0 bridgehead atoms. The first-order valence-corrected chi connectivity index (χ1v) is 8.17. The van der Waals surface area contributed by atoms with Crippen molar-refractivity contribution in [2.45, 2.75) is 72.8 Å². The Morgan fingerprint density at radius 1 is 0.864 bits per heavy atom. The predicted octanol–water partition coefficient (Wildman–Crippen LogP) is 2.64. The normalized spacial score (nSPS) is 12.1. The number of ether oxygens (including phenoxy) is 1. The molecular weight excluding hydrogens is 280 g/mol. The maximum atomic E-state index is 11.6. The minimum Gasteiger partial charge on any atom is -0.366 e. The molecule has 0 aromatic carbocycles. The van der Waals surface area contributed by atoms with Crippen LogP contribution in [0.25, 0.3) is 0 Å². The standard InChI is InChI=1S/C17H34N2O3/c1-16(2,3)10-7-9-14(20)18-11-8-12-19-15(21)13-22-17(4,5)6/h7-13H2,1-6H3,(H,18,20)(H,19,21). The molecule has 0 aliphatic heterocycles. The molecule has 0 heterocycles.